The van der Waals surface area contributed by atoms with Crippen molar-refractivity contribution in [2.45, 2.75) is 44.8 Å². The number of carbonyl (C=O) groups excluding carboxylic acids is 1. The first kappa shape index (κ1) is 11.6. The Labute approximate surface area is 99.5 Å². The van der Waals surface area contributed by atoms with Crippen molar-refractivity contribution in [2.75, 3.05) is 0 Å². The average Bonchev–Trinajstić information content (AvgIpc) is 2.68. The van der Waals surface area contributed by atoms with Gasteiger partial charge in [-0.1, -0.05) is 0 Å². The summed E-state index contributed by atoms with van der Waals surface area (Å²) >= 11 is 1.52. The van der Waals surface area contributed by atoms with E-state index >= 15 is 0 Å². The van der Waals surface area contributed by atoms with E-state index in [1.54, 1.807) is 0 Å². The highest BCUT2D eigenvalue weighted by molar-refractivity contribution is 7.13. The Hall–Kier alpha value is -0.870. The van der Waals surface area contributed by atoms with Gasteiger partial charge in [0, 0.05) is 10.9 Å². The molecule has 0 spiro atoms. The summed E-state index contributed by atoms with van der Waals surface area (Å²) in [5, 5.41) is 12.4. The maximum atomic E-state index is 11.8. The minimum Gasteiger partial charge on any atom is -0.393 e. The van der Waals surface area contributed by atoms with E-state index in [-0.39, 0.29) is 18.1 Å². The lowest BCUT2D eigenvalue weighted by Gasteiger charge is -2.25. The van der Waals surface area contributed by atoms with Crippen LogP contribution in [0.15, 0.2) is 12.1 Å². The topological polar surface area (TPSA) is 49.3 Å². The third-order valence-corrected chi connectivity index (χ3v) is 4.00. The third kappa shape index (κ3) is 2.83. The second-order valence-electron chi connectivity index (χ2n) is 4.39. The maximum Gasteiger partial charge on any atom is 0.261 e. The number of aliphatic hydroxyl groups is 1. The van der Waals surface area contributed by atoms with Crippen molar-refractivity contribution in [3.63, 3.8) is 0 Å². The van der Waals surface area contributed by atoms with E-state index in [1.165, 1.54) is 11.3 Å². The van der Waals surface area contributed by atoms with Gasteiger partial charge in [0.2, 0.25) is 0 Å². The fraction of sp³-hybridized carbons (Fsp3) is 0.583. The predicted molar refractivity (Wildman–Crippen MR) is 64.8 cm³/mol. The summed E-state index contributed by atoms with van der Waals surface area (Å²) in [5.74, 6) is 0.0273. The van der Waals surface area contributed by atoms with Gasteiger partial charge in [-0.15, -0.1) is 11.3 Å². The first-order valence-corrected chi connectivity index (χ1v) is 6.52. The normalized spacial score (nSPS) is 25.4. The second-order valence-corrected chi connectivity index (χ2v) is 5.68. The van der Waals surface area contributed by atoms with E-state index in [9.17, 15) is 9.90 Å². The van der Waals surface area contributed by atoms with Crippen molar-refractivity contribution >= 4 is 17.2 Å². The summed E-state index contributed by atoms with van der Waals surface area (Å²) in [4.78, 5) is 13.8. The van der Waals surface area contributed by atoms with Crippen LogP contribution in [0.4, 0.5) is 0 Å². The molecular weight excluding hydrogens is 222 g/mol. The average molecular weight is 239 g/mol. The summed E-state index contributed by atoms with van der Waals surface area (Å²) in [7, 11) is 0. The molecule has 0 aromatic carbocycles. The zero-order chi connectivity index (χ0) is 11.5. The molecule has 2 N–H and O–H groups in total. The van der Waals surface area contributed by atoms with Crippen molar-refractivity contribution in [3.05, 3.63) is 21.9 Å². The van der Waals surface area contributed by atoms with Gasteiger partial charge in [0.1, 0.15) is 0 Å². The minimum absolute atomic E-state index is 0.0273. The maximum absolute atomic E-state index is 11.8. The fourth-order valence-corrected chi connectivity index (χ4v) is 2.80. The van der Waals surface area contributed by atoms with E-state index in [0.717, 1.165) is 35.4 Å². The van der Waals surface area contributed by atoms with Crippen LogP contribution in [-0.2, 0) is 0 Å². The van der Waals surface area contributed by atoms with Crippen LogP contribution < -0.4 is 5.32 Å². The number of aryl methyl sites for hydroxylation is 1. The van der Waals surface area contributed by atoms with Crippen molar-refractivity contribution < 1.29 is 9.90 Å². The van der Waals surface area contributed by atoms with Crippen LogP contribution in [0.1, 0.15) is 40.2 Å². The quantitative estimate of drug-likeness (QED) is 0.830. The van der Waals surface area contributed by atoms with Crippen molar-refractivity contribution in [2.24, 2.45) is 0 Å². The van der Waals surface area contributed by atoms with E-state index in [4.69, 9.17) is 0 Å². The molecule has 2 rings (SSSR count). The molecule has 0 saturated heterocycles. The Balaban J connectivity index is 1.88. The van der Waals surface area contributed by atoms with Crippen molar-refractivity contribution in [1.82, 2.24) is 5.32 Å². The number of amides is 1. The molecule has 1 saturated carbocycles. The number of hydrogen-bond donors (Lipinski definition) is 2. The summed E-state index contributed by atoms with van der Waals surface area (Å²) in [6.45, 7) is 2.00. The van der Waals surface area contributed by atoms with Gasteiger partial charge in [-0.3, -0.25) is 4.79 Å². The number of aliphatic hydroxyl groups excluding tert-OH is 1. The predicted octanol–water partition coefficient (Wildman–Crippen LogP) is 2.09. The molecule has 16 heavy (non-hydrogen) atoms. The molecule has 1 fully saturated rings. The molecule has 0 aliphatic heterocycles. The van der Waals surface area contributed by atoms with Gasteiger partial charge < -0.3 is 10.4 Å². The fourth-order valence-electron chi connectivity index (χ4n) is 2.03. The van der Waals surface area contributed by atoms with Crippen LogP contribution in [0, 0.1) is 6.92 Å². The van der Waals surface area contributed by atoms with Gasteiger partial charge in [-0.25, -0.2) is 0 Å². The Morgan fingerprint density at radius 3 is 2.62 bits per heavy atom. The largest absolute Gasteiger partial charge is 0.393 e. The second kappa shape index (κ2) is 4.97. The molecule has 88 valence electrons. The van der Waals surface area contributed by atoms with Crippen molar-refractivity contribution in [1.29, 1.82) is 0 Å². The Bertz CT molecular complexity index is 367. The molecule has 3 nitrogen and oxygen atoms in total. The summed E-state index contributed by atoms with van der Waals surface area (Å²) in [6, 6.07) is 4.07. The third-order valence-electron chi connectivity index (χ3n) is 3.00. The SMILES string of the molecule is Cc1ccc(C(=O)NC2CCC(O)CC2)s1. The Morgan fingerprint density at radius 1 is 1.38 bits per heavy atom. The van der Waals surface area contributed by atoms with Crippen LogP contribution in [0.2, 0.25) is 0 Å². The van der Waals surface area contributed by atoms with Gasteiger partial charge in [0.05, 0.1) is 11.0 Å². The summed E-state index contributed by atoms with van der Waals surface area (Å²) in [6.07, 6.45) is 3.20. The molecule has 0 radical (unpaired) electrons. The molecule has 1 aromatic rings. The molecule has 0 unspecified atom stereocenters. The molecule has 1 amide bonds. The van der Waals surface area contributed by atoms with Gasteiger partial charge in [-0.2, -0.15) is 0 Å². The number of nitrogens with one attached hydrogen (secondary N) is 1. The number of rotatable bonds is 2. The summed E-state index contributed by atoms with van der Waals surface area (Å²) in [5.41, 5.74) is 0. The van der Waals surface area contributed by atoms with E-state index < -0.39 is 0 Å². The highest BCUT2D eigenvalue weighted by Gasteiger charge is 2.21. The molecule has 4 heteroatoms. The minimum atomic E-state index is -0.169. The summed E-state index contributed by atoms with van der Waals surface area (Å²) < 4.78 is 0. The lowest BCUT2D eigenvalue weighted by Crippen LogP contribution is -2.38. The van der Waals surface area contributed by atoms with Gasteiger partial charge in [0.15, 0.2) is 0 Å². The van der Waals surface area contributed by atoms with Crippen LogP contribution in [0.3, 0.4) is 0 Å². The van der Waals surface area contributed by atoms with E-state index in [0.29, 0.717) is 0 Å². The number of hydrogen-bond acceptors (Lipinski definition) is 3. The standard InChI is InChI=1S/C12H17NO2S/c1-8-2-7-11(16-8)12(15)13-9-3-5-10(14)6-4-9/h2,7,9-10,14H,3-6H2,1H3,(H,13,15). The highest BCUT2D eigenvalue weighted by atomic mass is 32.1. The Kier molecular flexibility index (Phi) is 3.61. The lowest BCUT2D eigenvalue weighted by molar-refractivity contribution is 0.0871. The van der Waals surface area contributed by atoms with E-state index in [1.807, 2.05) is 19.1 Å². The van der Waals surface area contributed by atoms with Gasteiger partial charge in [0.25, 0.3) is 5.91 Å². The van der Waals surface area contributed by atoms with Crippen LogP contribution >= 0.6 is 11.3 Å². The van der Waals surface area contributed by atoms with E-state index in [2.05, 4.69) is 5.32 Å². The zero-order valence-corrected chi connectivity index (χ0v) is 10.2. The molecule has 1 aromatic heterocycles. The number of carbonyl (C=O) groups is 1. The molecular formula is C12H17NO2S. The zero-order valence-electron chi connectivity index (χ0n) is 9.40. The van der Waals surface area contributed by atoms with Crippen LogP contribution in [-0.4, -0.2) is 23.2 Å². The first-order valence-electron chi connectivity index (χ1n) is 5.70. The number of thiophene rings is 1. The molecule has 0 bridgehead atoms. The van der Waals surface area contributed by atoms with Crippen LogP contribution in [0.25, 0.3) is 0 Å². The lowest BCUT2D eigenvalue weighted by atomic mass is 9.93. The van der Waals surface area contributed by atoms with Crippen molar-refractivity contribution in [3.8, 4) is 0 Å². The van der Waals surface area contributed by atoms with Crippen LogP contribution in [0.5, 0.6) is 0 Å². The molecule has 1 heterocycles. The smallest absolute Gasteiger partial charge is 0.261 e. The molecule has 0 atom stereocenters. The van der Waals surface area contributed by atoms with Gasteiger partial charge >= 0.3 is 0 Å². The first-order chi connectivity index (χ1) is 7.65. The molecule has 1 aliphatic rings. The molecule has 1 aliphatic carbocycles. The Morgan fingerprint density at radius 2 is 2.06 bits per heavy atom. The monoisotopic (exact) mass is 239 g/mol. The van der Waals surface area contributed by atoms with Gasteiger partial charge in [-0.05, 0) is 44.7 Å². The highest BCUT2D eigenvalue weighted by Crippen LogP contribution is 2.20.